The number of hydrogen-bond donors (Lipinski definition) is 0. The van der Waals surface area contributed by atoms with Crippen LogP contribution in [0.25, 0.3) is 0 Å². The Hall–Kier alpha value is -2.44. The predicted molar refractivity (Wildman–Crippen MR) is 94.7 cm³/mol. The average Bonchev–Trinajstić information content (AvgIpc) is 2.52. The summed E-state index contributed by atoms with van der Waals surface area (Å²) >= 11 is 0. The summed E-state index contributed by atoms with van der Waals surface area (Å²) in [6, 6.07) is 16.7. The van der Waals surface area contributed by atoms with Crippen molar-refractivity contribution in [3.8, 4) is 23.7 Å². The smallest absolute Gasteiger partial charge is 0.0258 e. The van der Waals surface area contributed by atoms with Gasteiger partial charge in [-0.2, -0.15) is 0 Å². The van der Waals surface area contributed by atoms with E-state index >= 15 is 0 Å². The first-order valence-corrected chi connectivity index (χ1v) is 7.70. The highest BCUT2D eigenvalue weighted by atomic mass is 14.2. The first-order valence-electron chi connectivity index (χ1n) is 7.70. The predicted octanol–water partition coefficient (Wildman–Crippen LogP) is 4.95. The van der Waals surface area contributed by atoms with Crippen molar-refractivity contribution in [2.45, 2.75) is 39.5 Å². The van der Waals surface area contributed by atoms with E-state index in [0.717, 1.165) is 17.5 Å². The van der Waals surface area contributed by atoms with Gasteiger partial charge in [-0.15, -0.1) is 0 Å². The molecule has 2 aromatic rings. The molecule has 0 saturated carbocycles. The molecule has 0 saturated heterocycles. The van der Waals surface area contributed by atoms with E-state index in [1.165, 1.54) is 11.1 Å². The third-order valence-corrected chi connectivity index (χ3v) is 3.57. The van der Waals surface area contributed by atoms with Crippen LogP contribution in [0, 0.1) is 23.7 Å². The van der Waals surface area contributed by atoms with Gasteiger partial charge in [0.25, 0.3) is 0 Å². The Morgan fingerprint density at radius 3 is 2.05 bits per heavy atom. The Morgan fingerprint density at radius 2 is 1.45 bits per heavy atom. The molecule has 0 amide bonds. The van der Waals surface area contributed by atoms with Gasteiger partial charge in [-0.25, -0.2) is 0 Å². The van der Waals surface area contributed by atoms with Crippen molar-refractivity contribution in [3.05, 3.63) is 70.8 Å². The number of rotatable bonds is 1. The molecule has 2 rings (SSSR count). The fourth-order valence-corrected chi connectivity index (χ4v) is 2.09. The van der Waals surface area contributed by atoms with Crippen molar-refractivity contribution in [3.63, 3.8) is 0 Å². The Morgan fingerprint density at radius 1 is 0.818 bits per heavy atom. The molecule has 0 aliphatic rings. The molecule has 0 atom stereocenters. The van der Waals surface area contributed by atoms with E-state index in [0.29, 0.717) is 0 Å². The van der Waals surface area contributed by atoms with Crippen LogP contribution in [-0.2, 0) is 11.8 Å². The zero-order chi connectivity index (χ0) is 16.0. The van der Waals surface area contributed by atoms with Gasteiger partial charge >= 0.3 is 0 Å². The van der Waals surface area contributed by atoms with Crippen molar-refractivity contribution in [2.75, 3.05) is 0 Å². The molecule has 0 aromatic heterocycles. The zero-order valence-corrected chi connectivity index (χ0v) is 13.8. The third kappa shape index (κ3) is 4.54. The van der Waals surface area contributed by atoms with E-state index in [2.05, 4.69) is 81.7 Å². The van der Waals surface area contributed by atoms with Gasteiger partial charge in [0.2, 0.25) is 0 Å². The van der Waals surface area contributed by atoms with Crippen LogP contribution in [0.2, 0.25) is 0 Å². The molecule has 0 fully saturated rings. The van der Waals surface area contributed by atoms with Crippen molar-refractivity contribution < 1.29 is 0 Å². The molecule has 0 aliphatic heterocycles. The molecule has 0 heterocycles. The fraction of sp³-hybridized carbons (Fsp3) is 0.273. The van der Waals surface area contributed by atoms with Gasteiger partial charge in [-0.3, -0.25) is 0 Å². The maximum absolute atomic E-state index is 3.13. The van der Waals surface area contributed by atoms with Crippen LogP contribution in [0.15, 0.2) is 48.5 Å². The molecule has 0 N–H and O–H groups in total. The monoisotopic (exact) mass is 286 g/mol. The SMILES string of the molecule is CCc1ccc(C#CC#Cc2cccc(C(C)(C)C)c2)cc1. The molecular formula is C22H22. The van der Waals surface area contributed by atoms with Crippen LogP contribution in [0.1, 0.15) is 49.9 Å². The van der Waals surface area contributed by atoms with Gasteiger partial charge in [-0.05, 0) is 59.1 Å². The van der Waals surface area contributed by atoms with Crippen molar-refractivity contribution in [2.24, 2.45) is 0 Å². The summed E-state index contributed by atoms with van der Waals surface area (Å²) < 4.78 is 0. The summed E-state index contributed by atoms with van der Waals surface area (Å²) in [7, 11) is 0. The Kier molecular flexibility index (Phi) is 5.08. The molecule has 0 nitrogen and oxygen atoms in total. The summed E-state index contributed by atoms with van der Waals surface area (Å²) in [5, 5.41) is 0. The highest BCUT2D eigenvalue weighted by Gasteiger charge is 2.12. The summed E-state index contributed by atoms with van der Waals surface area (Å²) in [6.07, 6.45) is 1.05. The molecule has 0 bridgehead atoms. The van der Waals surface area contributed by atoms with E-state index < -0.39 is 0 Å². The first kappa shape index (κ1) is 15.9. The summed E-state index contributed by atoms with van der Waals surface area (Å²) in [6.45, 7) is 8.77. The summed E-state index contributed by atoms with van der Waals surface area (Å²) in [5.74, 6) is 12.1. The Balaban J connectivity index is 2.13. The molecule has 0 radical (unpaired) electrons. The minimum absolute atomic E-state index is 0.143. The molecular weight excluding hydrogens is 264 g/mol. The van der Waals surface area contributed by atoms with Crippen molar-refractivity contribution in [1.29, 1.82) is 0 Å². The molecule has 0 spiro atoms. The largest absolute Gasteiger partial charge is 0.0613 e. The average molecular weight is 286 g/mol. The highest BCUT2D eigenvalue weighted by molar-refractivity contribution is 5.46. The number of benzene rings is 2. The normalized spacial score (nSPS) is 10.2. The van der Waals surface area contributed by atoms with Crippen LogP contribution >= 0.6 is 0 Å². The molecule has 0 aliphatic carbocycles. The lowest BCUT2D eigenvalue weighted by molar-refractivity contribution is 0.590. The highest BCUT2D eigenvalue weighted by Crippen LogP contribution is 2.22. The van der Waals surface area contributed by atoms with E-state index in [9.17, 15) is 0 Å². The molecule has 0 unspecified atom stereocenters. The lowest BCUT2D eigenvalue weighted by Gasteiger charge is -2.18. The second-order valence-electron chi connectivity index (χ2n) is 6.38. The van der Waals surface area contributed by atoms with Gasteiger partial charge < -0.3 is 0 Å². The van der Waals surface area contributed by atoms with E-state index in [1.807, 2.05) is 18.2 Å². The minimum Gasteiger partial charge on any atom is -0.0613 e. The Bertz CT molecular complexity index is 748. The molecule has 22 heavy (non-hydrogen) atoms. The lowest BCUT2D eigenvalue weighted by atomic mass is 9.86. The van der Waals surface area contributed by atoms with Gasteiger partial charge in [0, 0.05) is 11.1 Å². The molecule has 110 valence electrons. The van der Waals surface area contributed by atoms with Crippen LogP contribution in [0.3, 0.4) is 0 Å². The number of aryl methyl sites for hydroxylation is 1. The zero-order valence-electron chi connectivity index (χ0n) is 13.8. The Labute approximate surface area is 134 Å². The minimum atomic E-state index is 0.143. The molecule has 0 heteroatoms. The van der Waals surface area contributed by atoms with Crippen molar-refractivity contribution in [1.82, 2.24) is 0 Å². The maximum atomic E-state index is 3.13. The van der Waals surface area contributed by atoms with E-state index in [4.69, 9.17) is 0 Å². The van der Waals surface area contributed by atoms with Crippen molar-refractivity contribution >= 4 is 0 Å². The van der Waals surface area contributed by atoms with E-state index in [-0.39, 0.29) is 5.41 Å². The van der Waals surface area contributed by atoms with E-state index in [1.54, 1.807) is 0 Å². The number of hydrogen-bond acceptors (Lipinski definition) is 0. The second kappa shape index (κ2) is 7.02. The van der Waals surface area contributed by atoms with Gasteiger partial charge in [-0.1, -0.05) is 63.8 Å². The lowest BCUT2D eigenvalue weighted by Crippen LogP contribution is -2.10. The summed E-state index contributed by atoms with van der Waals surface area (Å²) in [4.78, 5) is 0. The quantitative estimate of drug-likeness (QED) is 0.651. The van der Waals surface area contributed by atoms with Crippen LogP contribution < -0.4 is 0 Å². The maximum Gasteiger partial charge on any atom is 0.0258 e. The first-order chi connectivity index (χ1) is 10.5. The van der Waals surface area contributed by atoms with Crippen LogP contribution in [0.5, 0.6) is 0 Å². The third-order valence-electron chi connectivity index (χ3n) is 3.57. The fourth-order valence-electron chi connectivity index (χ4n) is 2.09. The second-order valence-corrected chi connectivity index (χ2v) is 6.38. The van der Waals surface area contributed by atoms with Crippen LogP contribution in [0.4, 0.5) is 0 Å². The van der Waals surface area contributed by atoms with Gasteiger partial charge in [0.05, 0.1) is 0 Å². The summed E-state index contributed by atoms with van der Waals surface area (Å²) in [5.41, 5.74) is 4.79. The topological polar surface area (TPSA) is 0 Å². The standard InChI is InChI=1S/C22H22/c1-5-18-13-15-19(16-14-18)9-6-7-10-20-11-8-12-21(17-20)22(2,3)4/h8,11-17H,5H2,1-4H3. The molecule has 2 aromatic carbocycles. The van der Waals surface area contributed by atoms with Gasteiger partial charge in [0.15, 0.2) is 0 Å². The van der Waals surface area contributed by atoms with Gasteiger partial charge in [0.1, 0.15) is 0 Å². The van der Waals surface area contributed by atoms with Crippen LogP contribution in [-0.4, -0.2) is 0 Å².